The summed E-state index contributed by atoms with van der Waals surface area (Å²) in [7, 11) is 0. The van der Waals surface area contributed by atoms with E-state index >= 15 is 0 Å². The molecule has 2 aromatic heterocycles. The molecule has 0 radical (unpaired) electrons. The highest BCUT2D eigenvalue weighted by Gasteiger charge is 2.27. The van der Waals surface area contributed by atoms with Gasteiger partial charge in [-0.05, 0) is 31.2 Å². The summed E-state index contributed by atoms with van der Waals surface area (Å²) >= 11 is 0. The van der Waals surface area contributed by atoms with Crippen LogP contribution in [0.1, 0.15) is 23.2 Å². The number of hydrogen-bond donors (Lipinski definition) is 2. The molecule has 1 unspecified atom stereocenters. The van der Waals surface area contributed by atoms with E-state index in [-0.39, 0.29) is 23.7 Å². The maximum atomic E-state index is 12.2. The summed E-state index contributed by atoms with van der Waals surface area (Å²) in [5, 5.41) is 12.7. The van der Waals surface area contributed by atoms with E-state index in [1.807, 2.05) is 0 Å². The summed E-state index contributed by atoms with van der Waals surface area (Å²) in [5.41, 5.74) is -1.55. The summed E-state index contributed by atoms with van der Waals surface area (Å²) in [6, 6.07) is 6.02. The predicted molar refractivity (Wildman–Crippen MR) is 76.3 cm³/mol. The first-order chi connectivity index (χ1) is 10.9. The Morgan fingerprint density at radius 2 is 2.26 bits per heavy atom. The highest BCUT2D eigenvalue weighted by atomic mass is 19.3. The van der Waals surface area contributed by atoms with Gasteiger partial charge in [0, 0.05) is 6.20 Å². The lowest BCUT2D eigenvalue weighted by Crippen LogP contribution is -2.38. The molecule has 23 heavy (non-hydrogen) atoms. The molecule has 2 N–H and O–H groups in total. The summed E-state index contributed by atoms with van der Waals surface area (Å²) in [6.07, 6.45) is 0.0842. The lowest BCUT2D eigenvalue weighted by atomic mass is 10.0. The van der Waals surface area contributed by atoms with Crippen molar-refractivity contribution in [1.82, 2.24) is 10.3 Å². The van der Waals surface area contributed by atoms with Gasteiger partial charge in [-0.2, -0.15) is 0 Å². The molecular weight excluding hydrogens is 310 g/mol. The van der Waals surface area contributed by atoms with Gasteiger partial charge in [0.25, 0.3) is 12.3 Å². The molecular formula is C15H16F2N2O4. The third kappa shape index (κ3) is 4.49. The molecule has 0 bridgehead atoms. The molecule has 1 atom stereocenters. The Morgan fingerprint density at radius 1 is 1.48 bits per heavy atom. The summed E-state index contributed by atoms with van der Waals surface area (Å²) < 4.78 is 34.4. The van der Waals surface area contributed by atoms with Crippen LogP contribution in [0.15, 0.2) is 41.1 Å². The Balaban J connectivity index is 2.03. The fraction of sp³-hybridized carbons (Fsp3) is 0.333. The molecule has 2 rings (SSSR count). The first-order valence-corrected chi connectivity index (χ1v) is 6.80. The highest BCUT2D eigenvalue weighted by Crippen LogP contribution is 2.21. The minimum atomic E-state index is -2.66. The van der Waals surface area contributed by atoms with Crippen LogP contribution in [0.3, 0.4) is 0 Å². The Bertz CT molecular complexity index is 645. The van der Waals surface area contributed by atoms with Crippen LogP contribution in [-0.4, -0.2) is 35.6 Å². The maximum absolute atomic E-state index is 12.2. The van der Waals surface area contributed by atoms with E-state index in [1.54, 1.807) is 12.1 Å². The van der Waals surface area contributed by atoms with E-state index in [2.05, 4.69) is 10.3 Å². The Morgan fingerprint density at radius 3 is 2.91 bits per heavy atom. The number of furan rings is 1. The number of rotatable bonds is 7. The Kier molecular flexibility index (Phi) is 5.28. The fourth-order valence-corrected chi connectivity index (χ4v) is 1.84. The normalized spacial score (nSPS) is 13.6. The molecule has 0 saturated heterocycles. The molecule has 0 aliphatic rings. The van der Waals surface area contributed by atoms with Gasteiger partial charge in [-0.25, -0.2) is 13.8 Å². The third-order valence-corrected chi connectivity index (χ3v) is 3.00. The van der Waals surface area contributed by atoms with Crippen molar-refractivity contribution in [2.75, 3.05) is 13.2 Å². The second-order valence-corrected chi connectivity index (χ2v) is 4.99. The number of hydrogen-bond acceptors (Lipinski definition) is 5. The summed E-state index contributed by atoms with van der Waals surface area (Å²) in [5.74, 6) is -0.419. The van der Waals surface area contributed by atoms with Gasteiger partial charge < -0.3 is 19.6 Å². The average molecular weight is 326 g/mol. The van der Waals surface area contributed by atoms with Gasteiger partial charge in [0.15, 0.2) is 11.4 Å². The monoisotopic (exact) mass is 326 g/mol. The number of alkyl halides is 2. The average Bonchev–Trinajstić information content (AvgIpc) is 3.06. The van der Waals surface area contributed by atoms with Gasteiger partial charge in [-0.3, -0.25) is 4.79 Å². The van der Waals surface area contributed by atoms with Crippen molar-refractivity contribution in [3.8, 4) is 5.75 Å². The molecule has 0 aliphatic heterocycles. The van der Waals surface area contributed by atoms with Gasteiger partial charge in [-0.1, -0.05) is 0 Å². The lowest BCUT2D eigenvalue weighted by molar-refractivity contribution is 0.0328. The number of pyridine rings is 1. The molecule has 8 heteroatoms. The van der Waals surface area contributed by atoms with Gasteiger partial charge >= 0.3 is 0 Å². The first-order valence-electron chi connectivity index (χ1n) is 6.80. The van der Waals surface area contributed by atoms with Crippen LogP contribution in [0.4, 0.5) is 8.78 Å². The Labute approximate surface area is 131 Å². The molecule has 0 spiro atoms. The molecule has 124 valence electrons. The highest BCUT2D eigenvalue weighted by molar-refractivity contribution is 5.94. The number of amides is 1. The van der Waals surface area contributed by atoms with Crippen molar-refractivity contribution < 1.29 is 27.8 Å². The zero-order valence-corrected chi connectivity index (χ0v) is 12.3. The maximum Gasteiger partial charge on any atom is 0.273 e. The molecule has 0 aliphatic carbocycles. The van der Waals surface area contributed by atoms with E-state index in [1.165, 1.54) is 31.5 Å². The third-order valence-electron chi connectivity index (χ3n) is 3.00. The quantitative estimate of drug-likeness (QED) is 0.812. The van der Waals surface area contributed by atoms with Crippen molar-refractivity contribution in [3.63, 3.8) is 0 Å². The lowest BCUT2D eigenvalue weighted by Gasteiger charge is -2.21. The van der Waals surface area contributed by atoms with Crippen molar-refractivity contribution >= 4 is 5.91 Å². The van der Waals surface area contributed by atoms with Crippen LogP contribution in [0.2, 0.25) is 0 Å². The van der Waals surface area contributed by atoms with Gasteiger partial charge in [-0.15, -0.1) is 0 Å². The van der Waals surface area contributed by atoms with E-state index < -0.39 is 24.5 Å². The first kappa shape index (κ1) is 16.9. The zero-order valence-electron chi connectivity index (χ0n) is 12.3. The second-order valence-electron chi connectivity index (χ2n) is 4.99. The number of nitrogens with zero attached hydrogens (tertiary/aromatic N) is 1. The van der Waals surface area contributed by atoms with Crippen molar-refractivity contribution in [1.29, 1.82) is 0 Å². The van der Waals surface area contributed by atoms with Gasteiger partial charge in [0.1, 0.15) is 18.0 Å². The van der Waals surface area contributed by atoms with E-state index in [9.17, 15) is 18.7 Å². The van der Waals surface area contributed by atoms with E-state index in [0.29, 0.717) is 0 Å². The summed E-state index contributed by atoms with van der Waals surface area (Å²) in [6.45, 7) is 0.485. The summed E-state index contributed by atoms with van der Waals surface area (Å²) in [4.78, 5) is 16.0. The molecule has 2 heterocycles. The Hall–Kier alpha value is -2.48. The predicted octanol–water partition coefficient (Wildman–Crippen LogP) is 1.96. The van der Waals surface area contributed by atoms with Crippen LogP contribution >= 0.6 is 0 Å². The number of carbonyl (C=O) groups excluding carboxylic acids is 1. The number of nitrogens with one attached hydrogen (secondary N) is 1. The fourth-order valence-electron chi connectivity index (χ4n) is 1.84. The number of ether oxygens (including phenoxy) is 1. The largest absolute Gasteiger partial charge is 0.485 e. The standard InChI is InChI=1S/C15H16F2N2O4/c1-15(21,11-5-3-7-22-11)9-19-14(20)13-10(4-2-6-18-13)23-8-12(16)17/h2-7,12,21H,8-9H2,1H3,(H,19,20). The van der Waals surface area contributed by atoms with Crippen LogP contribution in [0, 0.1) is 0 Å². The van der Waals surface area contributed by atoms with Crippen molar-refractivity contribution in [2.24, 2.45) is 0 Å². The minimum absolute atomic E-state index is 0.0528. The molecule has 0 fully saturated rings. The second kappa shape index (κ2) is 7.19. The van der Waals surface area contributed by atoms with Crippen LogP contribution in [0.5, 0.6) is 5.75 Å². The van der Waals surface area contributed by atoms with Crippen LogP contribution < -0.4 is 10.1 Å². The molecule has 6 nitrogen and oxygen atoms in total. The number of halogens is 2. The van der Waals surface area contributed by atoms with Crippen molar-refractivity contribution in [3.05, 3.63) is 48.2 Å². The smallest absolute Gasteiger partial charge is 0.273 e. The number of carbonyl (C=O) groups is 1. The molecule has 2 aromatic rings. The van der Waals surface area contributed by atoms with E-state index in [4.69, 9.17) is 9.15 Å². The minimum Gasteiger partial charge on any atom is -0.485 e. The molecule has 0 aromatic carbocycles. The van der Waals surface area contributed by atoms with Crippen LogP contribution in [0.25, 0.3) is 0 Å². The van der Waals surface area contributed by atoms with Crippen molar-refractivity contribution in [2.45, 2.75) is 19.0 Å². The number of aliphatic hydroxyl groups is 1. The molecule has 0 saturated carbocycles. The molecule has 1 amide bonds. The SMILES string of the molecule is CC(O)(CNC(=O)c1ncccc1OCC(F)F)c1ccco1. The van der Waals surface area contributed by atoms with E-state index in [0.717, 1.165) is 0 Å². The van der Waals surface area contributed by atoms with Crippen LogP contribution in [-0.2, 0) is 5.60 Å². The zero-order chi connectivity index (χ0) is 16.9. The van der Waals surface area contributed by atoms with Gasteiger partial charge in [0.2, 0.25) is 0 Å². The number of aromatic nitrogens is 1. The van der Waals surface area contributed by atoms with Gasteiger partial charge in [0.05, 0.1) is 12.8 Å². The topological polar surface area (TPSA) is 84.6 Å².